The molecule has 0 radical (unpaired) electrons. The number of nitrogens with one attached hydrogen (secondary N) is 2. The fourth-order valence-electron chi connectivity index (χ4n) is 2.09. The number of aromatic amines is 1. The number of amides is 2. The number of nitrogens with zero attached hydrogens (tertiary/aromatic N) is 2. The van der Waals surface area contributed by atoms with E-state index in [-0.39, 0.29) is 30.0 Å². The van der Waals surface area contributed by atoms with Gasteiger partial charge in [-0.15, -0.1) is 0 Å². The Balaban J connectivity index is 2.04. The van der Waals surface area contributed by atoms with Crippen molar-refractivity contribution in [1.82, 2.24) is 15.1 Å². The van der Waals surface area contributed by atoms with Crippen molar-refractivity contribution in [1.29, 1.82) is 0 Å². The van der Waals surface area contributed by atoms with Crippen molar-refractivity contribution < 1.29 is 9.59 Å². The van der Waals surface area contributed by atoms with Gasteiger partial charge in [0.25, 0.3) is 5.91 Å². The zero-order chi connectivity index (χ0) is 17.9. The number of hydrogen-bond acceptors (Lipinski definition) is 3. The SMILES string of the molecule is CC(C)c1[nH]nc(C(=O)N(C)CC(=O)Nc2ccccc2Cl)c1Br. The molecule has 0 aliphatic rings. The molecule has 2 amide bonds. The van der Waals surface area contributed by atoms with Gasteiger partial charge in [0.2, 0.25) is 5.91 Å². The topological polar surface area (TPSA) is 78.1 Å². The van der Waals surface area contributed by atoms with Gasteiger partial charge in [0.15, 0.2) is 5.69 Å². The summed E-state index contributed by atoms with van der Waals surface area (Å²) in [6, 6.07) is 6.92. The zero-order valence-electron chi connectivity index (χ0n) is 13.6. The molecule has 1 aromatic heterocycles. The molecule has 2 N–H and O–H groups in total. The van der Waals surface area contributed by atoms with Gasteiger partial charge >= 0.3 is 0 Å². The number of anilines is 1. The van der Waals surface area contributed by atoms with E-state index in [9.17, 15) is 9.59 Å². The lowest BCUT2D eigenvalue weighted by atomic mass is 10.1. The first-order valence-corrected chi connectivity index (χ1v) is 8.52. The maximum atomic E-state index is 12.5. The third-order valence-electron chi connectivity index (χ3n) is 3.39. The average Bonchev–Trinajstić information content (AvgIpc) is 2.90. The largest absolute Gasteiger partial charge is 0.331 e. The predicted octanol–water partition coefficient (Wildman–Crippen LogP) is 3.66. The van der Waals surface area contributed by atoms with Crippen LogP contribution >= 0.6 is 27.5 Å². The summed E-state index contributed by atoms with van der Waals surface area (Å²) < 4.78 is 0.626. The highest BCUT2D eigenvalue weighted by Crippen LogP contribution is 2.26. The second-order valence-electron chi connectivity index (χ2n) is 5.64. The molecule has 0 bridgehead atoms. The Morgan fingerprint density at radius 2 is 2.04 bits per heavy atom. The summed E-state index contributed by atoms with van der Waals surface area (Å²) in [5.74, 6) is -0.490. The van der Waals surface area contributed by atoms with Crippen LogP contribution < -0.4 is 5.32 Å². The van der Waals surface area contributed by atoms with E-state index in [0.717, 1.165) is 5.69 Å². The average molecular weight is 414 g/mol. The smallest absolute Gasteiger partial charge is 0.275 e. The molecule has 1 heterocycles. The van der Waals surface area contributed by atoms with Crippen LogP contribution in [0.25, 0.3) is 0 Å². The highest BCUT2D eigenvalue weighted by Gasteiger charge is 2.23. The number of hydrogen-bond donors (Lipinski definition) is 2. The number of carbonyl (C=O) groups is 2. The Kier molecular flexibility index (Phi) is 6.01. The van der Waals surface area contributed by atoms with Crippen molar-refractivity contribution in [2.75, 3.05) is 18.9 Å². The maximum absolute atomic E-state index is 12.5. The van der Waals surface area contributed by atoms with Crippen LogP contribution in [0, 0.1) is 0 Å². The van der Waals surface area contributed by atoms with Crippen molar-refractivity contribution in [3.63, 3.8) is 0 Å². The minimum atomic E-state index is -0.348. The molecule has 0 aliphatic carbocycles. The molecule has 0 atom stereocenters. The van der Waals surface area contributed by atoms with E-state index in [2.05, 4.69) is 31.4 Å². The molecule has 0 saturated heterocycles. The quantitative estimate of drug-likeness (QED) is 0.785. The first kappa shape index (κ1) is 18.5. The summed E-state index contributed by atoms with van der Waals surface area (Å²) in [6.45, 7) is 3.88. The first-order chi connectivity index (χ1) is 11.3. The summed E-state index contributed by atoms with van der Waals surface area (Å²) in [5, 5.41) is 10.0. The summed E-state index contributed by atoms with van der Waals surface area (Å²) in [4.78, 5) is 25.9. The van der Waals surface area contributed by atoms with Crippen LogP contribution in [-0.2, 0) is 4.79 Å². The Labute approximate surface area is 153 Å². The number of likely N-dealkylation sites (N-methyl/N-ethyl adjacent to an activating group) is 1. The zero-order valence-corrected chi connectivity index (χ0v) is 15.9. The summed E-state index contributed by atoms with van der Waals surface area (Å²) in [5.41, 5.74) is 1.60. The summed E-state index contributed by atoms with van der Waals surface area (Å²) in [6.07, 6.45) is 0. The second-order valence-corrected chi connectivity index (χ2v) is 6.84. The van der Waals surface area contributed by atoms with E-state index in [1.165, 1.54) is 4.90 Å². The molecular formula is C16H18BrClN4O2. The molecule has 1 aromatic carbocycles. The number of aromatic nitrogens is 2. The van der Waals surface area contributed by atoms with Crippen molar-refractivity contribution in [3.8, 4) is 0 Å². The highest BCUT2D eigenvalue weighted by atomic mass is 79.9. The Hall–Kier alpha value is -1.86. The van der Waals surface area contributed by atoms with Gasteiger partial charge in [-0.2, -0.15) is 5.10 Å². The minimum Gasteiger partial charge on any atom is -0.331 e. The molecule has 128 valence electrons. The molecule has 6 nitrogen and oxygen atoms in total. The summed E-state index contributed by atoms with van der Waals surface area (Å²) >= 11 is 9.39. The third-order valence-corrected chi connectivity index (χ3v) is 4.52. The van der Waals surface area contributed by atoms with Gasteiger partial charge in [0.05, 0.1) is 27.4 Å². The number of benzene rings is 1. The number of halogens is 2. The second kappa shape index (κ2) is 7.81. The van der Waals surface area contributed by atoms with Crippen LogP contribution in [0.3, 0.4) is 0 Å². The van der Waals surface area contributed by atoms with E-state index in [1.54, 1.807) is 31.3 Å². The standard InChI is InChI=1S/C16H18BrClN4O2/c1-9(2)14-13(17)15(21-20-14)16(24)22(3)8-12(23)19-11-7-5-4-6-10(11)18/h4-7,9H,8H2,1-3H3,(H,19,23)(H,20,21). The third kappa shape index (κ3) is 4.15. The van der Waals surface area contributed by atoms with E-state index >= 15 is 0 Å². The highest BCUT2D eigenvalue weighted by molar-refractivity contribution is 9.10. The van der Waals surface area contributed by atoms with Gasteiger partial charge in [-0.25, -0.2) is 0 Å². The van der Waals surface area contributed by atoms with Crippen molar-refractivity contribution in [3.05, 3.63) is 45.1 Å². The van der Waals surface area contributed by atoms with Gasteiger partial charge in [-0.1, -0.05) is 37.6 Å². The van der Waals surface area contributed by atoms with Gasteiger partial charge in [0.1, 0.15) is 0 Å². The minimum absolute atomic E-state index is 0.111. The fraction of sp³-hybridized carbons (Fsp3) is 0.312. The molecule has 2 rings (SSSR count). The predicted molar refractivity (Wildman–Crippen MR) is 97.4 cm³/mol. The van der Waals surface area contributed by atoms with E-state index in [0.29, 0.717) is 15.2 Å². The Morgan fingerprint density at radius 1 is 1.38 bits per heavy atom. The number of para-hydroxylation sites is 1. The van der Waals surface area contributed by atoms with Gasteiger partial charge < -0.3 is 10.2 Å². The maximum Gasteiger partial charge on any atom is 0.275 e. The molecule has 24 heavy (non-hydrogen) atoms. The molecule has 0 saturated carbocycles. The van der Waals surface area contributed by atoms with Crippen LogP contribution in [0.2, 0.25) is 5.02 Å². The van der Waals surface area contributed by atoms with Crippen molar-refractivity contribution >= 4 is 45.0 Å². The molecule has 0 fully saturated rings. The van der Waals surface area contributed by atoms with E-state index in [1.807, 2.05) is 13.8 Å². The van der Waals surface area contributed by atoms with Crippen LogP contribution in [0.5, 0.6) is 0 Å². The van der Waals surface area contributed by atoms with Crippen molar-refractivity contribution in [2.45, 2.75) is 19.8 Å². The normalized spacial score (nSPS) is 10.8. The molecule has 0 aliphatic heterocycles. The van der Waals surface area contributed by atoms with Crippen LogP contribution in [0.1, 0.15) is 35.9 Å². The van der Waals surface area contributed by atoms with Gasteiger partial charge in [0, 0.05) is 7.05 Å². The Bertz CT molecular complexity index is 760. The Morgan fingerprint density at radius 3 is 2.62 bits per heavy atom. The van der Waals surface area contributed by atoms with E-state index < -0.39 is 0 Å². The van der Waals surface area contributed by atoms with Gasteiger partial charge in [-0.05, 0) is 34.0 Å². The number of rotatable bonds is 5. The van der Waals surface area contributed by atoms with Crippen LogP contribution in [-0.4, -0.2) is 40.5 Å². The molecule has 0 spiro atoms. The van der Waals surface area contributed by atoms with Crippen molar-refractivity contribution in [2.24, 2.45) is 0 Å². The lowest BCUT2D eigenvalue weighted by Crippen LogP contribution is -2.35. The fourth-order valence-corrected chi connectivity index (χ4v) is 3.07. The summed E-state index contributed by atoms with van der Waals surface area (Å²) in [7, 11) is 1.55. The first-order valence-electron chi connectivity index (χ1n) is 7.34. The molecular weight excluding hydrogens is 396 g/mol. The molecule has 0 unspecified atom stereocenters. The van der Waals surface area contributed by atoms with Crippen LogP contribution in [0.4, 0.5) is 5.69 Å². The lowest BCUT2D eigenvalue weighted by Gasteiger charge is -2.16. The molecule has 8 heteroatoms. The number of carbonyl (C=O) groups excluding carboxylic acids is 2. The monoisotopic (exact) mass is 412 g/mol. The lowest BCUT2D eigenvalue weighted by molar-refractivity contribution is -0.116. The molecule has 2 aromatic rings. The van der Waals surface area contributed by atoms with E-state index in [4.69, 9.17) is 11.6 Å². The number of H-pyrrole nitrogens is 1. The van der Waals surface area contributed by atoms with Gasteiger partial charge in [-0.3, -0.25) is 14.7 Å². The van der Waals surface area contributed by atoms with Crippen LogP contribution in [0.15, 0.2) is 28.7 Å².